The van der Waals surface area contributed by atoms with Crippen molar-refractivity contribution >= 4 is 24.3 Å². The topological polar surface area (TPSA) is 166 Å². The van der Waals surface area contributed by atoms with Crippen molar-refractivity contribution in [3.8, 4) is 6.07 Å². The second-order valence-corrected chi connectivity index (χ2v) is 9.26. The molecular weight excluding hydrogens is 695 g/mol. The normalized spacial score (nSPS) is 16.5. The van der Waals surface area contributed by atoms with Gasteiger partial charge in [0.1, 0.15) is 11.6 Å². The Morgan fingerprint density at radius 1 is 1.00 bits per heavy atom. The van der Waals surface area contributed by atoms with Gasteiger partial charge in [-0.2, -0.15) is 16.8 Å². The number of hydrogen-bond acceptors (Lipinski definition) is 10. The van der Waals surface area contributed by atoms with Gasteiger partial charge in [0.25, 0.3) is 5.91 Å². The van der Waals surface area contributed by atoms with Crippen LogP contribution >= 0.6 is 0 Å². The summed E-state index contributed by atoms with van der Waals surface area (Å²) < 4.78 is 28.5. The maximum Gasteiger partial charge on any atom is 0.264 e. The molecule has 2 N–H and O–H groups in total. The fourth-order valence-corrected chi connectivity index (χ4v) is 3.98. The van der Waals surface area contributed by atoms with Gasteiger partial charge in [-0.25, -0.2) is 0 Å². The maximum absolute atomic E-state index is 12.9. The number of carbonyl (C=O) groups excluding carboxylic acids is 3. The van der Waals surface area contributed by atoms with Crippen LogP contribution in [0.2, 0.25) is 0 Å². The summed E-state index contributed by atoms with van der Waals surface area (Å²) >= 11 is 0. The zero-order valence-corrected chi connectivity index (χ0v) is 26.3. The van der Waals surface area contributed by atoms with Crippen molar-refractivity contribution in [2.75, 3.05) is 92.2 Å². The van der Waals surface area contributed by atoms with Gasteiger partial charge in [0.15, 0.2) is 0 Å². The molecule has 0 bridgehead atoms. The number of aryl methyl sites for hydroxylation is 1. The molecule has 0 spiro atoms. The third-order valence-electron chi connectivity index (χ3n) is 6.09. The molecule has 1 radical (unpaired) electrons. The van der Waals surface area contributed by atoms with E-state index in [1.54, 1.807) is 35.3 Å². The molecule has 0 saturated carbocycles. The van der Waals surface area contributed by atoms with E-state index in [9.17, 15) is 19.6 Å². The molecular formula is C27H41N6O8Tb-. The molecule has 0 aromatic carbocycles. The average molecular weight is 737 g/mol. The Morgan fingerprint density at radius 2 is 1.55 bits per heavy atom. The summed E-state index contributed by atoms with van der Waals surface area (Å²) in [4.78, 5) is 37.0. The summed E-state index contributed by atoms with van der Waals surface area (Å²) in [6.45, 7) is 7.60. The standard InChI is InChI=1S/C27H41N6O8.Tb/c1-22-19-33(27(36)23(18-28)17-24-3-6-32(2)31-24)20-25(22)26(35)30-5-8-38-10-12-40-14-16-41-15-13-39-11-9-37-7-4-29-21-34;/h3,6,17,22,25H,4-5,7-16,19-20H2,1-2H3,(H,29,34)(H,30,35);/q-1;/b23-17+;/t22-,25-;/m1./s1. The van der Waals surface area contributed by atoms with E-state index in [0.29, 0.717) is 91.4 Å². The van der Waals surface area contributed by atoms with E-state index >= 15 is 0 Å². The molecule has 1 aliphatic rings. The molecule has 1 saturated heterocycles. The number of nitrogens with one attached hydrogen (secondary N) is 2. The second-order valence-electron chi connectivity index (χ2n) is 9.26. The molecule has 2 atom stereocenters. The zero-order valence-electron chi connectivity index (χ0n) is 24.2. The molecule has 1 aromatic heterocycles. The number of likely N-dealkylation sites (tertiary alicyclic amines) is 1. The summed E-state index contributed by atoms with van der Waals surface area (Å²) in [6, 6.07) is 3.67. The van der Waals surface area contributed by atoms with E-state index in [0.717, 1.165) is 0 Å². The van der Waals surface area contributed by atoms with E-state index in [4.69, 9.17) is 23.7 Å². The molecule has 1 aliphatic heterocycles. The number of carbonyl (C=O) groups is 2. The molecule has 3 amide bonds. The van der Waals surface area contributed by atoms with Crippen LogP contribution in [0.25, 0.3) is 6.08 Å². The largest absolute Gasteiger partial charge is 0.528 e. The summed E-state index contributed by atoms with van der Waals surface area (Å²) in [5, 5.41) is 18.9. The van der Waals surface area contributed by atoms with Gasteiger partial charge in [-0.05, 0) is 18.1 Å². The summed E-state index contributed by atoms with van der Waals surface area (Å²) in [5.41, 5.74) is 0.519. The molecule has 0 aliphatic carbocycles. The van der Waals surface area contributed by atoms with Gasteiger partial charge >= 0.3 is 0 Å². The zero-order chi connectivity index (χ0) is 29.7. The molecule has 1 aromatic rings. The minimum absolute atomic E-state index is 0. The Bertz CT molecular complexity index is 1000. The van der Waals surface area contributed by atoms with E-state index < -0.39 is 5.91 Å². The predicted octanol–water partition coefficient (Wildman–Crippen LogP) is -0.722. The van der Waals surface area contributed by atoms with Crippen molar-refractivity contribution in [3.63, 3.8) is 0 Å². The minimum Gasteiger partial charge on any atom is -0.528 e. The van der Waals surface area contributed by atoms with Gasteiger partial charge < -0.3 is 44.0 Å². The van der Waals surface area contributed by atoms with Crippen molar-refractivity contribution in [1.29, 1.82) is 5.26 Å². The smallest absolute Gasteiger partial charge is 0.264 e. The van der Waals surface area contributed by atoms with Crippen molar-refractivity contribution in [3.05, 3.63) is 23.5 Å². The van der Waals surface area contributed by atoms with Gasteiger partial charge in [-0.1, -0.05) is 6.92 Å². The summed E-state index contributed by atoms with van der Waals surface area (Å²) in [7, 11) is 1.76. The Balaban J connectivity index is 0.00000882. The van der Waals surface area contributed by atoms with E-state index in [-0.39, 0.29) is 68.5 Å². The van der Waals surface area contributed by atoms with Crippen molar-refractivity contribution in [2.24, 2.45) is 18.9 Å². The quantitative estimate of drug-likeness (QED) is 0.0510. The molecule has 1 fully saturated rings. The van der Waals surface area contributed by atoms with Crippen LogP contribution in [0.3, 0.4) is 0 Å². The van der Waals surface area contributed by atoms with Crippen LogP contribution in [-0.4, -0.2) is 125 Å². The van der Waals surface area contributed by atoms with Crippen molar-refractivity contribution < 1.29 is 76.7 Å². The van der Waals surface area contributed by atoms with E-state index in [1.165, 1.54) is 6.08 Å². The number of rotatable bonds is 22. The van der Waals surface area contributed by atoms with Gasteiger partial charge in [0.2, 0.25) is 5.91 Å². The Labute approximate surface area is 277 Å². The molecule has 0 unspecified atom stereocenters. The SMILES string of the molecule is C[C@@H]1CN(C(=O)/C(C#N)=C/c2ccn(C)n2)C[C@H]1C(=O)NCCOCCOCCOCCOCCOCCN[C-]=O.[Tb]. The number of hydrogen-bond donors (Lipinski definition) is 2. The van der Waals surface area contributed by atoms with Crippen LogP contribution in [0.5, 0.6) is 0 Å². The Kier molecular flexibility index (Phi) is 21.1. The first-order chi connectivity index (χ1) is 20.0. The van der Waals surface area contributed by atoms with Crippen LogP contribution in [-0.2, 0) is 45.1 Å². The van der Waals surface area contributed by atoms with Crippen LogP contribution in [0, 0.1) is 61.8 Å². The average Bonchev–Trinajstić information content (AvgIpc) is 3.57. The molecule has 42 heavy (non-hydrogen) atoms. The van der Waals surface area contributed by atoms with E-state index in [1.807, 2.05) is 13.0 Å². The number of amides is 3. The molecule has 2 heterocycles. The van der Waals surface area contributed by atoms with Gasteiger partial charge in [-0.15, -0.1) is 0 Å². The molecule has 15 heteroatoms. The third-order valence-corrected chi connectivity index (χ3v) is 6.09. The molecule has 14 nitrogen and oxygen atoms in total. The number of nitriles is 1. The summed E-state index contributed by atoms with van der Waals surface area (Å²) in [6.07, 6.45) is 4.76. The van der Waals surface area contributed by atoms with Crippen LogP contribution in [0.15, 0.2) is 17.8 Å². The Morgan fingerprint density at radius 3 is 2.05 bits per heavy atom. The number of nitrogens with zero attached hydrogens (tertiary/aromatic N) is 4. The Hall–Kier alpha value is -2.06. The predicted molar refractivity (Wildman–Crippen MR) is 147 cm³/mol. The van der Waals surface area contributed by atoms with Gasteiger partial charge in [-0.3, -0.25) is 14.3 Å². The fourth-order valence-electron chi connectivity index (χ4n) is 3.98. The number of ether oxygens (including phenoxy) is 5. The van der Waals surface area contributed by atoms with Crippen molar-refractivity contribution in [1.82, 2.24) is 25.3 Å². The van der Waals surface area contributed by atoms with Gasteiger partial charge in [0, 0.05) is 78.0 Å². The van der Waals surface area contributed by atoms with E-state index in [2.05, 4.69) is 15.7 Å². The maximum atomic E-state index is 12.9. The molecule has 237 valence electrons. The summed E-state index contributed by atoms with van der Waals surface area (Å²) in [5.74, 6) is -0.928. The monoisotopic (exact) mass is 736 g/mol. The molecule has 2 rings (SSSR count). The van der Waals surface area contributed by atoms with Crippen LogP contribution in [0.4, 0.5) is 0 Å². The first-order valence-corrected chi connectivity index (χ1v) is 13.6. The van der Waals surface area contributed by atoms with Crippen molar-refractivity contribution in [2.45, 2.75) is 6.92 Å². The van der Waals surface area contributed by atoms with Crippen LogP contribution in [0.1, 0.15) is 12.6 Å². The first-order valence-electron chi connectivity index (χ1n) is 13.6. The minimum atomic E-state index is -0.399. The second kappa shape index (κ2) is 23.4. The van der Waals surface area contributed by atoms with Gasteiger partial charge in [0.05, 0.1) is 77.7 Å². The first kappa shape index (κ1) is 38.0. The third kappa shape index (κ3) is 15.4. The fraction of sp³-hybridized carbons (Fsp3) is 0.667. The number of aromatic nitrogens is 2. The van der Waals surface area contributed by atoms with Crippen LogP contribution < -0.4 is 10.6 Å².